The van der Waals surface area contributed by atoms with Gasteiger partial charge in [-0.15, -0.1) is 0 Å². The number of carbonyl (C=O) groups is 1. The van der Waals surface area contributed by atoms with Crippen LogP contribution in [0.4, 0.5) is 0 Å². The molecular weight excluding hydrogens is 288 g/mol. The molecule has 0 N–H and O–H groups in total. The number of esters is 1. The zero-order valence-electron chi connectivity index (χ0n) is 13.7. The number of hydrogen-bond donors (Lipinski definition) is 0. The van der Waals surface area contributed by atoms with Crippen molar-refractivity contribution in [2.45, 2.75) is 39.2 Å². The van der Waals surface area contributed by atoms with Crippen molar-refractivity contribution in [3.8, 4) is 5.75 Å². The Morgan fingerprint density at radius 1 is 0.913 bits per heavy atom. The van der Waals surface area contributed by atoms with Gasteiger partial charge in [0.1, 0.15) is 17.9 Å². The highest BCUT2D eigenvalue weighted by Crippen LogP contribution is 2.20. The lowest BCUT2D eigenvalue weighted by atomic mass is 10.2. The van der Waals surface area contributed by atoms with Crippen LogP contribution in [-0.4, -0.2) is 12.6 Å². The smallest absolute Gasteiger partial charge is 0.341 e. The normalized spacial score (nSPS) is 10.3. The number of carbonyl (C=O) groups excluding carboxylic acids is 1. The van der Waals surface area contributed by atoms with Crippen molar-refractivity contribution in [2.75, 3.05) is 6.61 Å². The molecule has 2 aromatic carbocycles. The van der Waals surface area contributed by atoms with Crippen molar-refractivity contribution in [1.29, 1.82) is 0 Å². The summed E-state index contributed by atoms with van der Waals surface area (Å²) in [5, 5.41) is 0. The Morgan fingerprint density at radius 3 is 2.43 bits per heavy atom. The van der Waals surface area contributed by atoms with E-state index in [1.54, 1.807) is 12.1 Å². The Bertz CT molecular complexity index is 593. The van der Waals surface area contributed by atoms with Gasteiger partial charge in [-0.2, -0.15) is 0 Å². The number of rotatable bonds is 9. The molecule has 0 aliphatic rings. The van der Waals surface area contributed by atoms with Gasteiger partial charge in [0.15, 0.2) is 0 Å². The van der Waals surface area contributed by atoms with Crippen molar-refractivity contribution in [2.24, 2.45) is 0 Å². The van der Waals surface area contributed by atoms with Gasteiger partial charge in [-0.05, 0) is 24.1 Å². The first-order chi connectivity index (χ1) is 11.3. The van der Waals surface area contributed by atoms with E-state index in [2.05, 4.69) is 6.92 Å². The van der Waals surface area contributed by atoms with Gasteiger partial charge in [0.2, 0.25) is 0 Å². The van der Waals surface area contributed by atoms with E-state index in [9.17, 15) is 4.79 Å². The number of benzene rings is 2. The Kier molecular flexibility index (Phi) is 7.18. The Hall–Kier alpha value is -2.29. The van der Waals surface area contributed by atoms with Crippen LogP contribution in [-0.2, 0) is 11.3 Å². The monoisotopic (exact) mass is 312 g/mol. The predicted octanol–water partition coefficient (Wildman–Crippen LogP) is 5.00. The van der Waals surface area contributed by atoms with E-state index in [1.807, 2.05) is 42.5 Å². The molecule has 0 fully saturated rings. The highest BCUT2D eigenvalue weighted by molar-refractivity contribution is 5.92. The summed E-state index contributed by atoms with van der Waals surface area (Å²) in [5.74, 6) is 0.250. The summed E-state index contributed by atoms with van der Waals surface area (Å²) in [7, 11) is 0. The molecule has 0 heterocycles. The van der Waals surface area contributed by atoms with Crippen LogP contribution in [0.1, 0.15) is 48.5 Å². The summed E-state index contributed by atoms with van der Waals surface area (Å²) < 4.78 is 11.1. The molecule has 23 heavy (non-hydrogen) atoms. The van der Waals surface area contributed by atoms with Gasteiger partial charge < -0.3 is 9.47 Å². The molecule has 0 saturated carbocycles. The Labute approximate surface area is 138 Å². The van der Waals surface area contributed by atoms with Crippen molar-refractivity contribution in [1.82, 2.24) is 0 Å². The fourth-order valence-corrected chi connectivity index (χ4v) is 2.27. The molecule has 0 spiro atoms. The standard InChI is InChI=1S/C20H24O3/c1-2-3-4-10-15-22-20(21)18-13-8-9-14-19(18)23-16-17-11-6-5-7-12-17/h5-9,11-14H,2-4,10,15-16H2,1H3. The first-order valence-corrected chi connectivity index (χ1v) is 8.24. The molecule has 0 unspecified atom stereocenters. The van der Waals surface area contributed by atoms with Crippen molar-refractivity contribution < 1.29 is 14.3 Å². The lowest BCUT2D eigenvalue weighted by molar-refractivity contribution is 0.0492. The largest absolute Gasteiger partial charge is 0.488 e. The van der Waals surface area contributed by atoms with Gasteiger partial charge in [0.05, 0.1) is 6.61 Å². The molecule has 2 aromatic rings. The van der Waals surface area contributed by atoms with Crippen LogP contribution < -0.4 is 4.74 Å². The summed E-state index contributed by atoms with van der Waals surface area (Å²) >= 11 is 0. The lowest BCUT2D eigenvalue weighted by Gasteiger charge is -2.11. The van der Waals surface area contributed by atoms with Crippen molar-refractivity contribution >= 4 is 5.97 Å². The Morgan fingerprint density at radius 2 is 1.65 bits per heavy atom. The first-order valence-electron chi connectivity index (χ1n) is 8.24. The van der Waals surface area contributed by atoms with Crippen LogP contribution in [0.25, 0.3) is 0 Å². The van der Waals surface area contributed by atoms with Gasteiger partial charge in [-0.3, -0.25) is 0 Å². The van der Waals surface area contributed by atoms with Crippen molar-refractivity contribution in [3.63, 3.8) is 0 Å². The van der Waals surface area contributed by atoms with Gasteiger partial charge in [0.25, 0.3) is 0 Å². The maximum atomic E-state index is 12.2. The molecule has 0 aliphatic heterocycles. The first kappa shape index (κ1) is 17.1. The van der Waals surface area contributed by atoms with E-state index >= 15 is 0 Å². The minimum Gasteiger partial charge on any atom is -0.488 e. The molecule has 122 valence electrons. The number of unbranched alkanes of at least 4 members (excludes halogenated alkanes) is 3. The summed E-state index contributed by atoms with van der Waals surface area (Å²) in [5.41, 5.74) is 1.55. The molecule has 3 heteroatoms. The van der Waals surface area contributed by atoms with E-state index < -0.39 is 0 Å². The van der Waals surface area contributed by atoms with Gasteiger partial charge in [-0.25, -0.2) is 4.79 Å². The van der Waals surface area contributed by atoms with E-state index in [-0.39, 0.29) is 5.97 Å². The van der Waals surface area contributed by atoms with Gasteiger partial charge >= 0.3 is 5.97 Å². The van der Waals surface area contributed by atoms with E-state index in [4.69, 9.17) is 9.47 Å². The average Bonchev–Trinajstić information content (AvgIpc) is 2.61. The minimum atomic E-state index is -0.315. The highest BCUT2D eigenvalue weighted by atomic mass is 16.5. The van der Waals surface area contributed by atoms with Gasteiger partial charge in [-0.1, -0.05) is 68.7 Å². The van der Waals surface area contributed by atoms with E-state index in [1.165, 1.54) is 12.8 Å². The molecule has 0 aliphatic carbocycles. The molecule has 0 aromatic heterocycles. The zero-order valence-corrected chi connectivity index (χ0v) is 13.7. The molecule has 0 atom stereocenters. The highest BCUT2D eigenvalue weighted by Gasteiger charge is 2.13. The van der Waals surface area contributed by atoms with Gasteiger partial charge in [0, 0.05) is 0 Å². The summed E-state index contributed by atoms with van der Waals surface area (Å²) in [6.07, 6.45) is 4.35. The molecular formula is C20H24O3. The maximum Gasteiger partial charge on any atom is 0.341 e. The maximum absolute atomic E-state index is 12.2. The fourth-order valence-electron chi connectivity index (χ4n) is 2.27. The minimum absolute atomic E-state index is 0.315. The molecule has 2 rings (SSSR count). The SMILES string of the molecule is CCCCCCOC(=O)c1ccccc1OCc1ccccc1. The summed E-state index contributed by atoms with van der Waals surface area (Å²) in [4.78, 5) is 12.2. The van der Waals surface area contributed by atoms with Crippen LogP contribution in [0.5, 0.6) is 5.75 Å². The second-order valence-corrected chi connectivity index (χ2v) is 5.47. The fraction of sp³-hybridized carbons (Fsp3) is 0.350. The third-order valence-electron chi connectivity index (χ3n) is 3.58. The Balaban J connectivity index is 1.90. The predicted molar refractivity (Wildman–Crippen MR) is 91.6 cm³/mol. The van der Waals surface area contributed by atoms with Crippen LogP contribution >= 0.6 is 0 Å². The molecule has 0 bridgehead atoms. The third-order valence-corrected chi connectivity index (χ3v) is 3.58. The van der Waals surface area contributed by atoms with Crippen LogP contribution in [0.15, 0.2) is 54.6 Å². The quantitative estimate of drug-likeness (QED) is 0.482. The van der Waals surface area contributed by atoms with Crippen LogP contribution in [0.3, 0.4) is 0 Å². The average molecular weight is 312 g/mol. The summed E-state index contributed by atoms with van der Waals surface area (Å²) in [6.45, 7) is 3.06. The van der Waals surface area contributed by atoms with E-state index in [0.29, 0.717) is 24.5 Å². The number of para-hydroxylation sites is 1. The lowest BCUT2D eigenvalue weighted by Crippen LogP contribution is -2.09. The van der Waals surface area contributed by atoms with Crippen molar-refractivity contribution in [3.05, 3.63) is 65.7 Å². The van der Waals surface area contributed by atoms with E-state index in [0.717, 1.165) is 18.4 Å². The topological polar surface area (TPSA) is 35.5 Å². The second-order valence-electron chi connectivity index (χ2n) is 5.47. The number of ether oxygens (including phenoxy) is 2. The zero-order chi connectivity index (χ0) is 16.3. The second kappa shape index (κ2) is 9.67. The molecule has 0 amide bonds. The molecule has 0 radical (unpaired) electrons. The van der Waals surface area contributed by atoms with Crippen LogP contribution in [0.2, 0.25) is 0 Å². The molecule has 3 nitrogen and oxygen atoms in total. The molecule has 0 saturated heterocycles. The number of hydrogen-bond acceptors (Lipinski definition) is 3. The summed E-state index contributed by atoms with van der Waals surface area (Å²) in [6, 6.07) is 17.1. The third kappa shape index (κ3) is 5.78. The van der Waals surface area contributed by atoms with Crippen LogP contribution in [0, 0.1) is 0 Å².